The predicted molar refractivity (Wildman–Crippen MR) is 66.2 cm³/mol. The summed E-state index contributed by atoms with van der Waals surface area (Å²) in [4.78, 5) is 2.40. The molecule has 2 nitrogen and oxygen atoms in total. The average molecular weight is 237 g/mol. The van der Waals surface area contributed by atoms with Gasteiger partial charge >= 0.3 is 0 Å². The maximum Gasteiger partial charge on any atom is 0.123 e. The summed E-state index contributed by atoms with van der Waals surface area (Å²) < 4.78 is 12.8. The van der Waals surface area contributed by atoms with Crippen LogP contribution in [0.4, 0.5) is 4.39 Å². The first-order chi connectivity index (χ1) is 8.20. The van der Waals surface area contributed by atoms with Gasteiger partial charge in [0.1, 0.15) is 5.82 Å². The first-order valence-corrected chi connectivity index (χ1v) is 6.36. The van der Waals surface area contributed by atoms with E-state index < -0.39 is 6.10 Å². The van der Waals surface area contributed by atoms with Crippen LogP contribution in [0.1, 0.15) is 31.4 Å². The highest BCUT2D eigenvalue weighted by Crippen LogP contribution is 2.30. The lowest BCUT2D eigenvalue weighted by atomic mass is 9.87. The molecule has 1 aliphatic heterocycles. The maximum atomic E-state index is 12.8. The molecule has 3 heteroatoms. The number of rotatable bonds is 3. The van der Waals surface area contributed by atoms with Crippen LogP contribution in [0.5, 0.6) is 0 Å². The van der Waals surface area contributed by atoms with Gasteiger partial charge in [-0.15, -0.1) is 0 Å². The van der Waals surface area contributed by atoms with Crippen LogP contribution in [0.25, 0.3) is 0 Å². The van der Waals surface area contributed by atoms with Gasteiger partial charge in [-0.25, -0.2) is 4.39 Å². The highest BCUT2D eigenvalue weighted by Gasteiger charge is 2.25. The molecule has 94 valence electrons. The zero-order valence-corrected chi connectivity index (χ0v) is 10.3. The Labute approximate surface area is 102 Å². The fourth-order valence-electron chi connectivity index (χ4n) is 2.52. The Bertz CT molecular complexity index is 344. The Morgan fingerprint density at radius 2 is 1.88 bits per heavy atom. The molecule has 2 rings (SSSR count). The lowest BCUT2D eigenvalue weighted by Gasteiger charge is -2.33. The third-order valence-corrected chi connectivity index (χ3v) is 3.74. The van der Waals surface area contributed by atoms with Crippen LogP contribution in [0.15, 0.2) is 24.3 Å². The van der Waals surface area contributed by atoms with Crippen molar-refractivity contribution in [3.63, 3.8) is 0 Å². The van der Waals surface area contributed by atoms with Crippen LogP contribution in [0.3, 0.4) is 0 Å². The molecular formula is C14H20FNO. The molecule has 17 heavy (non-hydrogen) atoms. The van der Waals surface area contributed by atoms with Crippen LogP contribution in [0, 0.1) is 11.7 Å². The number of halogens is 1. The quantitative estimate of drug-likeness (QED) is 0.873. The van der Waals surface area contributed by atoms with E-state index in [0.717, 1.165) is 38.0 Å². The molecule has 1 heterocycles. The zero-order valence-electron chi connectivity index (χ0n) is 10.3. The predicted octanol–water partition coefficient (Wildman–Crippen LogP) is 2.59. The summed E-state index contributed by atoms with van der Waals surface area (Å²) in [5, 5.41) is 10.3. The molecule has 0 aliphatic carbocycles. The summed E-state index contributed by atoms with van der Waals surface area (Å²) in [6.45, 7) is 5.36. The van der Waals surface area contributed by atoms with Crippen molar-refractivity contribution in [1.29, 1.82) is 0 Å². The van der Waals surface area contributed by atoms with E-state index in [-0.39, 0.29) is 5.82 Å². The first kappa shape index (κ1) is 12.5. The topological polar surface area (TPSA) is 23.5 Å². The van der Waals surface area contributed by atoms with Crippen molar-refractivity contribution in [2.24, 2.45) is 5.92 Å². The van der Waals surface area contributed by atoms with Gasteiger partial charge in [-0.05, 0) is 56.1 Å². The minimum absolute atomic E-state index is 0.248. The van der Waals surface area contributed by atoms with E-state index in [1.165, 1.54) is 12.1 Å². The van der Waals surface area contributed by atoms with E-state index in [9.17, 15) is 9.50 Å². The fourth-order valence-corrected chi connectivity index (χ4v) is 2.52. The molecule has 0 unspecified atom stereocenters. The van der Waals surface area contributed by atoms with E-state index in [4.69, 9.17) is 0 Å². The second-order valence-electron chi connectivity index (χ2n) is 4.77. The number of piperidine rings is 1. The second-order valence-corrected chi connectivity index (χ2v) is 4.77. The number of hydrogen-bond donors (Lipinski definition) is 1. The van der Waals surface area contributed by atoms with Crippen molar-refractivity contribution in [2.75, 3.05) is 19.6 Å². The van der Waals surface area contributed by atoms with Crippen molar-refractivity contribution in [3.05, 3.63) is 35.6 Å². The molecule has 1 aromatic carbocycles. The average Bonchev–Trinajstić information content (AvgIpc) is 2.39. The van der Waals surface area contributed by atoms with Gasteiger partial charge in [-0.1, -0.05) is 19.1 Å². The van der Waals surface area contributed by atoms with E-state index in [1.54, 1.807) is 12.1 Å². The molecule has 1 aromatic rings. The summed E-state index contributed by atoms with van der Waals surface area (Å²) in [7, 11) is 0. The summed E-state index contributed by atoms with van der Waals surface area (Å²) in [5.74, 6) is 0.0602. The Morgan fingerprint density at radius 1 is 1.29 bits per heavy atom. The molecule has 0 spiro atoms. The normalized spacial score (nSPS) is 20.4. The van der Waals surface area contributed by atoms with Crippen molar-refractivity contribution in [3.8, 4) is 0 Å². The molecule has 0 bridgehead atoms. The fraction of sp³-hybridized carbons (Fsp3) is 0.571. The highest BCUT2D eigenvalue weighted by atomic mass is 19.1. The zero-order chi connectivity index (χ0) is 12.3. The number of benzene rings is 1. The number of likely N-dealkylation sites (tertiary alicyclic amines) is 1. The van der Waals surface area contributed by atoms with Gasteiger partial charge in [0.25, 0.3) is 0 Å². The third kappa shape index (κ3) is 3.05. The van der Waals surface area contributed by atoms with Gasteiger partial charge in [0.15, 0.2) is 0 Å². The monoisotopic (exact) mass is 237 g/mol. The maximum absolute atomic E-state index is 12.8. The van der Waals surface area contributed by atoms with Crippen LogP contribution in [0.2, 0.25) is 0 Å². The number of aliphatic hydroxyl groups excluding tert-OH is 1. The van der Waals surface area contributed by atoms with Crippen molar-refractivity contribution >= 4 is 0 Å². The van der Waals surface area contributed by atoms with Crippen molar-refractivity contribution in [2.45, 2.75) is 25.9 Å². The van der Waals surface area contributed by atoms with Crippen LogP contribution < -0.4 is 0 Å². The number of hydrogen-bond acceptors (Lipinski definition) is 2. The van der Waals surface area contributed by atoms with E-state index in [1.807, 2.05) is 0 Å². The summed E-state index contributed by atoms with van der Waals surface area (Å²) in [6, 6.07) is 6.21. The minimum atomic E-state index is -0.449. The summed E-state index contributed by atoms with van der Waals surface area (Å²) in [6.07, 6.45) is 1.59. The number of aliphatic hydroxyl groups is 1. The molecule has 0 amide bonds. The Balaban J connectivity index is 1.96. The van der Waals surface area contributed by atoms with Gasteiger partial charge in [0.2, 0.25) is 0 Å². The van der Waals surface area contributed by atoms with E-state index in [0.29, 0.717) is 5.92 Å². The standard InChI is InChI=1S/C14H20FNO/c1-2-16-9-7-12(8-10-16)14(17)11-3-5-13(15)6-4-11/h3-6,12,14,17H,2,7-10H2,1H3/t14-/m1/s1. The molecule has 0 radical (unpaired) electrons. The lowest BCUT2D eigenvalue weighted by Crippen LogP contribution is -2.35. The largest absolute Gasteiger partial charge is 0.388 e. The van der Waals surface area contributed by atoms with Crippen LogP contribution in [-0.4, -0.2) is 29.6 Å². The summed E-state index contributed by atoms with van der Waals surface area (Å²) in [5.41, 5.74) is 0.835. The molecule has 1 atom stereocenters. The SMILES string of the molecule is CCN1CCC([C@H](O)c2ccc(F)cc2)CC1. The smallest absolute Gasteiger partial charge is 0.123 e. The van der Waals surface area contributed by atoms with Crippen molar-refractivity contribution in [1.82, 2.24) is 4.90 Å². The van der Waals surface area contributed by atoms with Gasteiger partial charge in [-0.2, -0.15) is 0 Å². The Hall–Kier alpha value is -0.930. The van der Waals surface area contributed by atoms with E-state index >= 15 is 0 Å². The first-order valence-electron chi connectivity index (χ1n) is 6.36. The molecule has 0 aromatic heterocycles. The van der Waals surface area contributed by atoms with Crippen LogP contribution in [-0.2, 0) is 0 Å². The van der Waals surface area contributed by atoms with Gasteiger partial charge in [0.05, 0.1) is 6.10 Å². The third-order valence-electron chi connectivity index (χ3n) is 3.74. The number of nitrogens with zero attached hydrogens (tertiary/aromatic N) is 1. The lowest BCUT2D eigenvalue weighted by molar-refractivity contribution is 0.0604. The molecule has 1 N–H and O–H groups in total. The van der Waals surface area contributed by atoms with Gasteiger partial charge in [-0.3, -0.25) is 0 Å². The molecule has 1 fully saturated rings. The van der Waals surface area contributed by atoms with Crippen molar-refractivity contribution < 1.29 is 9.50 Å². The second kappa shape index (κ2) is 5.61. The summed E-state index contributed by atoms with van der Waals surface area (Å²) >= 11 is 0. The molecule has 1 saturated heterocycles. The van der Waals surface area contributed by atoms with Crippen LogP contribution >= 0.6 is 0 Å². The molecule has 0 saturated carbocycles. The van der Waals surface area contributed by atoms with Gasteiger partial charge in [0, 0.05) is 0 Å². The molecule has 1 aliphatic rings. The highest BCUT2D eigenvalue weighted by molar-refractivity contribution is 5.19. The Kier molecular flexibility index (Phi) is 4.13. The van der Waals surface area contributed by atoms with E-state index in [2.05, 4.69) is 11.8 Å². The minimum Gasteiger partial charge on any atom is -0.388 e. The molecular weight excluding hydrogens is 217 g/mol. The Morgan fingerprint density at radius 3 is 2.41 bits per heavy atom. The van der Waals surface area contributed by atoms with Gasteiger partial charge < -0.3 is 10.0 Å².